The van der Waals surface area contributed by atoms with E-state index in [0.717, 1.165) is 25.7 Å². The van der Waals surface area contributed by atoms with Gasteiger partial charge < -0.3 is 5.11 Å². The summed E-state index contributed by atoms with van der Waals surface area (Å²) in [7, 11) is 0. The van der Waals surface area contributed by atoms with Gasteiger partial charge in [0.15, 0.2) is 0 Å². The molecule has 0 radical (unpaired) electrons. The second-order valence-electron chi connectivity index (χ2n) is 4.56. The zero-order valence-corrected chi connectivity index (χ0v) is 10.5. The van der Waals surface area contributed by atoms with Crippen molar-refractivity contribution in [1.29, 1.82) is 0 Å². The van der Waals surface area contributed by atoms with E-state index in [0.29, 0.717) is 5.92 Å². The summed E-state index contributed by atoms with van der Waals surface area (Å²) in [5, 5.41) is 9.13. The van der Waals surface area contributed by atoms with Gasteiger partial charge in [0.25, 0.3) is 0 Å². The highest BCUT2D eigenvalue weighted by molar-refractivity contribution is 5.70. The van der Waals surface area contributed by atoms with E-state index in [-0.39, 0.29) is 5.92 Å². The molecule has 2 unspecified atom stereocenters. The predicted molar refractivity (Wildman–Crippen MR) is 64.0 cm³/mol. The molecule has 90 valence electrons. The van der Waals surface area contributed by atoms with E-state index in [2.05, 4.69) is 20.8 Å². The molecule has 2 nitrogen and oxygen atoms in total. The fraction of sp³-hybridized carbons (Fsp3) is 0.923. The maximum Gasteiger partial charge on any atom is 0.306 e. The van der Waals surface area contributed by atoms with Crippen molar-refractivity contribution in [3.63, 3.8) is 0 Å². The van der Waals surface area contributed by atoms with Crippen molar-refractivity contribution in [2.45, 2.75) is 65.7 Å². The molecule has 0 aromatic rings. The number of hydrogen-bond donors (Lipinski definition) is 1. The van der Waals surface area contributed by atoms with Gasteiger partial charge in [-0.3, -0.25) is 4.79 Å². The summed E-state index contributed by atoms with van der Waals surface area (Å²) in [6.45, 7) is 6.36. The molecule has 0 rings (SSSR count). The average Bonchev–Trinajstić information content (AvgIpc) is 2.17. The third kappa shape index (κ3) is 6.53. The molecule has 0 aliphatic carbocycles. The number of aliphatic carboxylic acids is 1. The van der Waals surface area contributed by atoms with Gasteiger partial charge >= 0.3 is 5.97 Å². The lowest BCUT2D eigenvalue weighted by atomic mass is 9.86. The van der Waals surface area contributed by atoms with Gasteiger partial charge in [-0.25, -0.2) is 0 Å². The summed E-state index contributed by atoms with van der Waals surface area (Å²) >= 11 is 0. The van der Waals surface area contributed by atoms with E-state index >= 15 is 0 Å². The van der Waals surface area contributed by atoms with E-state index in [1.54, 1.807) is 0 Å². The minimum absolute atomic E-state index is 0.123. The van der Waals surface area contributed by atoms with Gasteiger partial charge in [-0.05, 0) is 12.3 Å². The lowest BCUT2D eigenvalue weighted by molar-refractivity contribution is -0.143. The first-order valence-electron chi connectivity index (χ1n) is 6.36. The molecule has 0 fully saturated rings. The molecule has 2 atom stereocenters. The Kier molecular flexibility index (Phi) is 8.44. The van der Waals surface area contributed by atoms with Crippen molar-refractivity contribution in [3.8, 4) is 0 Å². The quantitative estimate of drug-likeness (QED) is 0.587. The van der Waals surface area contributed by atoms with Crippen molar-refractivity contribution in [2.24, 2.45) is 11.8 Å². The van der Waals surface area contributed by atoms with E-state index < -0.39 is 5.97 Å². The third-order valence-electron chi connectivity index (χ3n) is 3.12. The maximum atomic E-state index is 11.1. The van der Waals surface area contributed by atoms with Gasteiger partial charge in [-0.2, -0.15) is 0 Å². The van der Waals surface area contributed by atoms with Crippen molar-refractivity contribution in [2.75, 3.05) is 0 Å². The van der Waals surface area contributed by atoms with Gasteiger partial charge in [0.05, 0.1) is 5.92 Å². The van der Waals surface area contributed by atoms with Crippen LogP contribution in [0.1, 0.15) is 65.7 Å². The largest absolute Gasteiger partial charge is 0.481 e. The first kappa shape index (κ1) is 14.5. The summed E-state index contributed by atoms with van der Waals surface area (Å²) in [4.78, 5) is 11.1. The average molecular weight is 214 g/mol. The Bertz CT molecular complexity index is 166. The number of carbonyl (C=O) groups is 1. The first-order valence-corrected chi connectivity index (χ1v) is 6.36. The molecule has 2 heteroatoms. The lowest BCUT2D eigenvalue weighted by Crippen LogP contribution is -2.21. The van der Waals surface area contributed by atoms with Crippen molar-refractivity contribution in [1.82, 2.24) is 0 Å². The summed E-state index contributed by atoms with van der Waals surface area (Å²) in [5.74, 6) is -0.400. The molecule has 0 amide bonds. The second kappa shape index (κ2) is 8.75. The highest BCUT2D eigenvalue weighted by Crippen LogP contribution is 2.23. The first-order chi connectivity index (χ1) is 7.13. The fourth-order valence-corrected chi connectivity index (χ4v) is 2.10. The Hall–Kier alpha value is -0.530. The van der Waals surface area contributed by atoms with E-state index in [1.807, 2.05) is 0 Å². The van der Waals surface area contributed by atoms with Crippen LogP contribution in [0.5, 0.6) is 0 Å². The van der Waals surface area contributed by atoms with Crippen LogP contribution in [0.15, 0.2) is 0 Å². The van der Waals surface area contributed by atoms with Crippen LogP contribution in [-0.2, 0) is 4.79 Å². The minimum atomic E-state index is -0.604. The van der Waals surface area contributed by atoms with Crippen molar-refractivity contribution < 1.29 is 9.90 Å². The molecule has 0 aliphatic rings. The molecule has 0 aliphatic heterocycles. The smallest absolute Gasteiger partial charge is 0.306 e. The molecule has 0 aromatic carbocycles. The van der Waals surface area contributed by atoms with Crippen LogP contribution in [0.3, 0.4) is 0 Å². The number of rotatable bonds is 9. The fourth-order valence-electron chi connectivity index (χ4n) is 2.10. The monoisotopic (exact) mass is 214 g/mol. The molecule has 1 N–H and O–H groups in total. The van der Waals surface area contributed by atoms with Crippen LogP contribution in [0.4, 0.5) is 0 Å². The summed E-state index contributed by atoms with van der Waals surface area (Å²) in [6, 6.07) is 0. The van der Waals surface area contributed by atoms with Gasteiger partial charge in [0.2, 0.25) is 0 Å². The van der Waals surface area contributed by atoms with Gasteiger partial charge in [0.1, 0.15) is 0 Å². The van der Waals surface area contributed by atoms with E-state index in [9.17, 15) is 4.79 Å². The Balaban J connectivity index is 3.88. The summed E-state index contributed by atoms with van der Waals surface area (Å²) in [5.41, 5.74) is 0. The van der Waals surface area contributed by atoms with Gasteiger partial charge in [-0.15, -0.1) is 0 Å². The Morgan fingerprint density at radius 3 is 2.20 bits per heavy atom. The van der Waals surface area contributed by atoms with E-state index in [1.165, 1.54) is 19.3 Å². The van der Waals surface area contributed by atoms with Crippen molar-refractivity contribution >= 4 is 5.97 Å². The SMILES string of the molecule is CCCCCCC(C(=O)O)C(C)CCC. The van der Waals surface area contributed by atoms with Crippen LogP contribution >= 0.6 is 0 Å². The second-order valence-corrected chi connectivity index (χ2v) is 4.56. The van der Waals surface area contributed by atoms with E-state index in [4.69, 9.17) is 5.11 Å². The molecule has 0 aromatic heterocycles. The van der Waals surface area contributed by atoms with Crippen molar-refractivity contribution in [3.05, 3.63) is 0 Å². The maximum absolute atomic E-state index is 11.1. The highest BCUT2D eigenvalue weighted by atomic mass is 16.4. The molecule has 0 spiro atoms. The number of carboxylic acids is 1. The lowest BCUT2D eigenvalue weighted by Gasteiger charge is -2.19. The van der Waals surface area contributed by atoms with Gasteiger partial charge in [0, 0.05) is 0 Å². The minimum Gasteiger partial charge on any atom is -0.481 e. The highest BCUT2D eigenvalue weighted by Gasteiger charge is 2.23. The summed E-state index contributed by atoms with van der Waals surface area (Å²) in [6.07, 6.45) is 7.66. The van der Waals surface area contributed by atoms with Crippen LogP contribution in [-0.4, -0.2) is 11.1 Å². The molecular formula is C13H26O2. The van der Waals surface area contributed by atoms with Crippen LogP contribution in [0.25, 0.3) is 0 Å². The molecular weight excluding hydrogens is 188 g/mol. The number of unbranched alkanes of at least 4 members (excludes halogenated alkanes) is 3. The van der Waals surface area contributed by atoms with Crippen LogP contribution < -0.4 is 0 Å². The predicted octanol–water partition coefficient (Wildman–Crippen LogP) is 4.09. The molecule has 0 saturated heterocycles. The molecule has 15 heavy (non-hydrogen) atoms. The molecule has 0 bridgehead atoms. The Labute approximate surface area is 94.1 Å². The molecule has 0 heterocycles. The Morgan fingerprint density at radius 2 is 1.73 bits per heavy atom. The number of carboxylic acid groups (broad SMARTS) is 1. The standard InChI is InChI=1S/C13H26O2/c1-4-6-7-8-10-12(13(14)15)11(3)9-5-2/h11-12H,4-10H2,1-3H3,(H,14,15). The number of hydrogen-bond acceptors (Lipinski definition) is 1. The van der Waals surface area contributed by atoms with Crippen LogP contribution in [0, 0.1) is 11.8 Å². The summed E-state index contributed by atoms with van der Waals surface area (Å²) < 4.78 is 0. The Morgan fingerprint density at radius 1 is 1.07 bits per heavy atom. The van der Waals surface area contributed by atoms with Crippen LogP contribution in [0.2, 0.25) is 0 Å². The zero-order chi connectivity index (χ0) is 11.7. The van der Waals surface area contributed by atoms with Gasteiger partial charge in [-0.1, -0.05) is 59.3 Å². The zero-order valence-electron chi connectivity index (χ0n) is 10.5. The topological polar surface area (TPSA) is 37.3 Å². The molecule has 0 saturated carbocycles. The normalized spacial score (nSPS) is 14.9. The third-order valence-corrected chi connectivity index (χ3v) is 3.12.